The molecule has 1 aliphatic heterocycles. The van der Waals surface area contributed by atoms with Crippen molar-refractivity contribution in [1.82, 2.24) is 44.3 Å². The van der Waals surface area contributed by atoms with Crippen molar-refractivity contribution in [3.05, 3.63) is 70.8 Å². The molecule has 5 unspecified atom stereocenters. The first kappa shape index (κ1) is 65.7. The molecule has 1 saturated carbocycles. The quantitative estimate of drug-likeness (QED) is 0.0432. The normalized spacial score (nSPS) is 19.0. The number of carbonyl (C=O) groups excluding carboxylic acids is 2. The highest BCUT2D eigenvalue weighted by atomic mass is 32.2. The lowest BCUT2D eigenvalue weighted by Crippen LogP contribution is -2.60. The highest BCUT2D eigenvalue weighted by molar-refractivity contribution is 7.97. The van der Waals surface area contributed by atoms with Gasteiger partial charge < -0.3 is 46.2 Å². The fourth-order valence-electron chi connectivity index (χ4n) is 10.5. The Bertz CT molecular complexity index is 2370. The van der Waals surface area contributed by atoms with E-state index in [0.717, 1.165) is 17.5 Å². The third kappa shape index (κ3) is 23.9. The van der Waals surface area contributed by atoms with Crippen LogP contribution in [0.5, 0.6) is 0 Å². The molecule has 0 radical (unpaired) electrons. The number of amides is 2. The van der Waals surface area contributed by atoms with Crippen LogP contribution in [0.3, 0.4) is 0 Å². The van der Waals surface area contributed by atoms with Crippen LogP contribution in [-0.4, -0.2) is 276 Å². The molecule has 2 aliphatic rings. The summed E-state index contributed by atoms with van der Waals surface area (Å²) in [7, 11) is 0. The highest BCUT2D eigenvalue weighted by Gasteiger charge is 2.41. The van der Waals surface area contributed by atoms with E-state index in [1.165, 1.54) is 26.8 Å². The second kappa shape index (κ2) is 33.1. The Morgan fingerprint density at radius 1 is 0.525 bits per heavy atom. The van der Waals surface area contributed by atoms with Crippen molar-refractivity contribution in [2.75, 3.05) is 118 Å². The van der Waals surface area contributed by atoms with E-state index < -0.39 is 111 Å². The summed E-state index contributed by atoms with van der Waals surface area (Å²) in [5, 5.41) is 81.8. The molecule has 2 amide bonds. The van der Waals surface area contributed by atoms with Crippen LogP contribution in [0.15, 0.2) is 48.5 Å². The maximum atomic E-state index is 13.7. The summed E-state index contributed by atoms with van der Waals surface area (Å²) in [4.78, 5) is 134. The molecule has 2 fully saturated rings. The number of benzene rings is 2. The van der Waals surface area contributed by atoms with Gasteiger partial charge in [0.2, 0.25) is 0 Å². The number of nitrogens with zero attached hydrogens (tertiary/aromatic N) is 7. The Labute approximate surface area is 467 Å². The number of carboxylic acids is 8. The average Bonchev–Trinajstić information content (AvgIpc) is 3.38. The number of rotatable bonds is 31. The van der Waals surface area contributed by atoms with Gasteiger partial charge >= 0.3 is 47.8 Å². The zero-order valence-corrected chi connectivity index (χ0v) is 45.8. The summed E-state index contributed by atoms with van der Waals surface area (Å²) in [6, 6.07) is 9.96. The molecule has 2 aromatic carbocycles. The van der Waals surface area contributed by atoms with Crippen LogP contribution in [0.1, 0.15) is 64.4 Å². The summed E-state index contributed by atoms with van der Waals surface area (Å²) in [5.41, 5.74) is 2.01. The van der Waals surface area contributed by atoms with Crippen LogP contribution in [0.25, 0.3) is 0 Å². The first-order chi connectivity index (χ1) is 37.9. The highest BCUT2D eigenvalue weighted by Crippen LogP contribution is 2.35. The van der Waals surface area contributed by atoms with Crippen molar-refractivity contribution in [2.45, 2.75) is 69.7 Å². The fraction of sp³-hybridized carbons (Fsp3) is 0.577. The molecule has 442 valence electrons. The first-order valence-electron chi connectivity index (χ1n) is 26.1. The van der Waals surface area contributed by atoms with Crippen LogP contribution in [-0.2, 0) is 51.3 Å². The van der Waals surface area contributed by atoms with Gasteiger partial charge in [-0.15, -0.1) is 0 Å². The van der Waals surface area contributed by atoms with Crippen LogP contribution in [0.4, 0.5) is 0 Å². The van der Waals surface area contributed by atoms with E-state index in [9.17, 15) is 88.8 Å². The largest absolute Gasteiger partial charge is 0.480 e. The van der Waals surface area contributed by atoms with Crippen molar-refractivity contribution in [3.8, 4) is 0 Å². The maximum absolute atomic E-state index is 13.7. The number of hydrogen-bond acceptors (Lipinski definition) is 18. The molecule has 1 saturated heterocycles. The average molecular weight is 1150 g/mol. The minimum absolute atomic E-state index is 0.00338. The second-order valence-electron chi connectivity index (χ2n) is 20.3. The van der Waals surface area contributed by atoms with Crippen LogP contribution < -0.4 is 10.0 Å². The third-order valence-electron chi connectivity index (χ3n) is 14.1. The van der Waals surface area contributed by atoms with Crippen LogP contribution >= 0.6 is 11.9 Å². The minimum atomic E-state index is -1.36. The Hall–Kier alpha value is -6.79. The number of carboxylic acid groups (broad SMARTS) is 8. The summed E-state index contributed by atoms with van der Waals surface area (Å²) >= 11 is 1.09. The van der Waals surface area contributed by atoms with Gasteiger partial charge in [-0.2, -0.15) is 0 Å². The van der Waals surface area contributed by atoms with E-state index in [4.69, 9.17) is 0 Å². The van der Waals surface area contributed by atoms with Gasteiger partial charge in [-0.3, -0.25) is 87.0 Å². The molecule has 28 heteroatoms. The van der Waals surface area contributed by atoms with E-state index in [1.54, 1.807) is 64.3 Å². The lowest BCUT2D eigenvalue weighted by atomic mass is 9.77. The van der Waals surface area contributed by atoms with Crippen LogP contribution in [0, 0.1) is 5.92 Å². The molecule has 0 bridgehead atoms. The molecule has 0 spiro atoms. The molecular formula is C52H75N9O18S. The first-order valence-corrected chi connectivity index (χ1v) is 27.3. The van der Waals surface area contributed by atoms with E-state index in [0.29, 0.717) is 62.3 Å². The standard InChI is InChI=1S/C52H75N9O18S/c1-34(53-51(78)38-10-5-36(6-11-38)24-55-13-15-56(26-43(62)63)17-19-58(28-45(66)67)20-18-57(16-14-55)27-44(64)65)21-37-7-12-41(42(23-37)61(32-49(74)75)33-50(76)77)60(31-48(72)73)25-40(59(29-46(68)69)30-47(70)71)22-35-3-8-39(9-4-35)52(79)54-80-2/h3-6,8-11,34,37,40-42H,7,12-33H2,1-2H3,(H,53,78)(H,54,79)(H,62,63)(H,64,65)(H,66,67)(H,68,69)(H,70,71)(H,72,73)(H,74,75)(H,76,77). The number of carbonyl (C=O) groups is 10. The summed E-state index contributed by atoms with van der Waals surface area (Å²) in [5.74, 6) is -10.9. The zero-order valence-electron chi connectivity index (χ0n) is 45.0. The van der Waals surface area contributed by atoms with Crippen molar-refractivity contribution in [1.29, 1.82) is 0 Å². The van der Waals surface area contributed by atoms with Gasteiger partial charge in [0.1, 0.15) is 0 Å². The van der Waals surface area contributed by atoms with Gasteiger partial charge in [0.15, 0.2) is 0 Å². The monoisotopic (exact) mass is 1150 g/mol. The van der Waals surface area contributed by atoms with E-state index >= 15 is 0 Å². The van der Waals surface area contributed by atoms with Gasteiger partial charge in [0.25, 0.3) is 11.8 Å². The predicted octanol–water partition coefficient (Wildman–Crippen LogP) is -0.344. The Kier molecular flexibility index (Phi) is 27.2. The van der Waals surface area contributed by atoms with Gasteiger partial charge in [-0.05, 0) is 80.3 Å². The smallest absolute Gasteiger partial charge is 0.317 e. The second-order valence-corrected chi connectivity index (χ2v) is 20.9. The van der Waals surface area contributed by atoms with Gasteiger partial charge in [0.05, 0.1) is 52.4 Å². The summed E-state index contributed by atoms with van der Waals surface area (Å²) in [6.07, 6.45) is 2.81. The van der Waals surface area contributed by atoms with Crippen LogP contribution in [0.2, 0.25) is 0 Å². The molecule has 10 N–H and O–H groups in total. The molecular weight excluding hydrogens is 1070 g/mol. The topological polar surface area (TPSA) is 379 Å². The number of nitrogens with one attached hydrogen (secondary N) is 2. The Morgan fingerprint density at radius 2 is 0.938 bits per heavy atom. The number of aliphatic carboxylic acids is 8. The van der Waals surface area contributed by atoms with E-state index in [2.05, 4.69) is 14.9 Å². The van der Waals surface area contributed by atoms with E-state index in [1.807, 2.05) is 0 Å². The third-order valence-corrected chi connectivity index (χ3v) is 14.4. The van der Waals surface area contributed by atoms with Crippen molar-refractivity contribution in [2.24, 2.45) is 5.92 Å². The molecule has 1 aliphatic carbocycles. The summed E-state index contributed by atoms with van der Waals surface area (Å²) in [6.45, 7) is -0.00892. The Balaban J connectivity index is 1.54. The van der Waals surface area contributed by atoms with Gasteiger partial charge in [-0.25, -0.2) is 0 Å². The minimum Gasteiger partial charge on any atom is -0.480 e. The molecule has 27 nitrogen and oxygen atoms in total. The molecule has 2 aromatic rings. The Morgan fingerprint density at radius 3 is 1.36 bits per heavy atom. The molecule has 1 heterocycles. The van der Waals surface area contributed by atoms with Gasteiger partial charge in [-0.1, -0.05) is 36.2 Å². The SMILES string of the molecule is CSNC(=O)c1ccc(CC(CN(CC(=O)O)C2CCC(CC(C)NC(=O)c3ccc(CN4CCN(CC(=O)O)CCN(CC(=O)O)CCN(CC(=O)O)CC4)cc3)CC2N(CC(=O)O)CC(=O)O)N(CC(=O)O)CC(=O)O)cc1. The van der Waals surface area contributed by atoms with Gasteiger partial charge in [0, 0.05) is 107 Å². The summed E-state index contributed by atoms with van der Waals surface area (Å²) < 4.78 is 2.61. The van der Waals surface area contributed by atoms with E-state index in [-0.39, 0.29) is 83.4 Å². The molecule has 80 heavy (non-hydrogen) atoms. The molecule has 4 rings (SSSR count). The fourth-order valence-corrected chi connectivity index (χ4v) is 10.8. The van der Waals surface area contributed by atoms with Crippen molar-refractivity contribution < 1.29 is 88.8 Å². The molecule has 0 aromatic heterocycles. The zero-order chi connectivity index (χ0) is 59.1. The lowest BCUT2D eigenvalue weighted by Gasteiger charge is -2.47. The maximum Gasteiger partial charge on any atom is 0.317 e. The lowest BCUT2D eigenvalue weighted by molar-refractivity contribution is -0.147. The number of hydrogen-bond donors (Lipinski definition) is 10. The van der Waals surface area contributed by atoms with Crippen molar-refractivity contribution >= 4 is 71.5 Å². The van der Waals surface area contributed by atoms with Crippen molar-refractivity contribution in [3.63, 3.8) is 0 Å². The molecule has 5 atom stereocenters. The predicted molar refractivity (Wildman–Crippen MR) is 288 cm³/mol.